The van der Waals surface area contributed by atoms with E-state index < -0.39 is 16.6 Å². The second kappa shape index (κ2) is 5.08. The zero-order valence-corrected chi connectivity index (χ0v) is 10.8. The number of carbonyl (C=O) groups is 1. The molecule has 0 saturated carbocycles. The van der Waals surface area contributed by atoms with Gasteiger partial charge in [0.25, 0.3) is 11.6 Å². The van der Waals surface area contributed by atoms with E-state index in [9.17, 15) is 19.3 Å². The zero-order chi connectivity index (χ0) is 14.9. The highest BCUT2D eigenvalue weighted by molar-refractivity contribution is 6.04. The smallest absolute Gasteiger partial charge is 0.270 e. The summed E-state index contributed by atoms with van der Waals surface area (Å²) in [5.41, 5.74) is -0.692. The maximum Gasteiger partial charge on any atom is 0.270 e. The number of aryl methyl sites for hydroxylation is 2. The number of anilines is 1. The van der Waals surface area contributed by atoms with Crippen molar-refractivity contribution in [3.63, 3.8) is 0 Å². The Kier molecular flexibility index (Phi) is 3.47. The molecule has 0 aliphatic carbocycles. The number of amides is 1. The van der Waals surface area contributed by atoms with Crippen molar-refractivity contribution in [3.05, 3.63) is 51.5 Å². The molecule has 1 aromatic carbocycles. The predicted molar refractivity (Wildman–Crippen MR) is 69.0 cm³/mol. The van der Waals surface area contributed by atoms with Gasteiger partial charge >= 0.3 is 0 Å². The summed E-state index contributed by atoms with van der Waals surface area (Å²) >= 11 is 0. The van der Waals surface area contributed by atoms with Gasteiger partial charge in [0.1, 0.15) is 5.82 Å². The van der Waals surface area contributed by atoms with Gasteiger partial charge in [0, 0.05) is 31.4 Å². The molecule has 7 nitrogen and oxygen atoms in total. The van der Waals surface area contributed by atoms with Crippen molar-refractivity contribution in [1.29, 1.82) is 0 Å². The Bertz CT molecular complexity index is 696. The van der Waals surface area contributed by atoms with Crippen molar-refractivity contribution >= 4 is 17.4 Å². The van der Waals surface area contributed by atoms with Gasteiger partial charge in [0.05, 0.1) is 10.5 Å². The van der Waals surface area contributed by atoms with Gasteiger partial charge in [-0.1, -0.05) is 0 Å². The van der Waals surface area contributed by atoms with Crippen LogP contribution in [0.3, 0.4) is 0 Å². The van der Waals surface area contributed by atoms with E-state index >= 15 is 0 Å². The molecule has 1 heterocycles. The molecule has 0 unspecified atom stereocenters. The van der Waals surface area contributed by atoms with E-state index in [-0.39, 0.29) is 22.6 Å². The van der Waals surface area contributed by atoms with E-state index in [2.05, 4.69) is 10.4 Å². The molecule has 0 atom stereocenters. The molecule has 20 heavy (non-hydrogen) atoms. The second-order valence-electron chi connectivity index (χ2n) is 4.21. The summed E-state index contributed by atoms with van der Waals surface area (Å²) in [5.74, 6) is -1.34. The van der Waals surface area contributed by atoms with E-state index in [0.717, 1.165) is 12.1 Å². The molecule has 0 fully saturated rings. The third-order valence-electron chi connectivity index (χ3n) is 2.65. The number of nitro groups is 1. The summed E-state index contributed by atoms with van der Waals surface area (Å²) in [6, 6.07) is 3.51. The van der Waals surface area contributed by atoms with E-state index in [1.807, 2.05) is 0 Å². The van der Waals surface area contributed by atoms with Crippen LogP contribution in [0.4, 0.5) is 15.9 Å². The summed E-state index contributed by atoms with van der Waals surface area (Å²) in [7, 11) is 1.66. The minimum atomic E-state index is -0.788. The fourth-order valence-electron chi connectivity index (χ4n) is 1.69. The number of hydrogen-bond acceptors (Lipinski definition) is 4. The number of rotatable bonds is 3. The van der Waals surface area contributed by atoms with E-state index in [4.69, 9.17) is 0 Å². The van der Waals surface area contributed by atoms with Crippen LogP contribution in [0.25, 0.3) is 0 Å². The number of aromatic nitrogens is 2. The van der Waals surface area contributed by atoms with Crippen LogP contribution in [0.15, 0.2) is 24.4 Å². The minimum absolute atomic E-state index is 0.0328. The Labute approximate surface area is 113 Å². The summed E-state index contributed by atoms with van der Waals surface area (Å²) < 4.78 is 15.4. The van der Waals surface area contributed by atoms with Crippen molar-refractivity contribution < 1.29 is 14.1 Å². The zero-order valence-electron chi connectivity index (χ0n) is 10.8. The molecule has 104 valence electrons. The molecule has 0 aliphatic heterocycles. The quantitative estimate of drug-likeness (QED) is 0.687. The standard InChI is InChI=1S/C12H11FN4O3/c1-7-5-8(17(19)20)6-9(11(7)13)12(18)14-10-3-4-16(2)15-10/h3-6H,1-2H3,(H,14,15,18). The SMILES string of the molecule is Cc1cc([N+](=O)[O-])cc(C(=O)Nc2ccn(C)n2)c1F. The average molecular weight is 278 g/mol. The Morgan fingerprint density at radius 2 is 2.20 bits per heavy atom. The van der Waals surface area contributed by atoms with Crippen LogP contribution >= 0.6 is 0 Å². The number of nitrogens with one attached hydrogen (secondary N) is 1. The molecule has 0 aliphatic rings. The van der Waals surface area contributed by atoms with Gasteiger partial charge in [-0.15, -0.1) is 0 Å². The highest BCUT2D eigenvalue weighted by atomic mass is 19.1. The molecule has 2 rings (SSSR count). The first-order chi connectivity index (χ1) is 9.38. The fourth-order valence-corrected chi connectivity index (χ4v) is 1.69. The maximum atomic E-state index is 13.9. The van der Waals surface area contributed by atoms with Crippen LogP contribution in [0.2, 0.25) is 0 Å². The second-order valence-corrected chi connectivity index (χ2v) is 4.21. The van der Waals surface area contributed by atoms with Gasteiger partial charge in [0.15, 0.2) is 5.82 Å². The van der Waals surface area contributed by atoms with Crippen molar-refractivity contribution in [2.75, 3.05) is 5.32 Å². The van der Waals surface area contributed by atoms with Crippen molar-refractivity contribution in [2.24, 2.45) is 7.05 Å². The lowest BCUT2D eigenvalue weighted by Gasteiger charge is -2.05. The first kappa shape index (κ1) is 13.7. The monoisotopic (exact) mass is 278 g/mol. The van der Waals surface area contributed by atoms with Crippen LogP contribution in [-0.2, 0) is 7.05 Å². The van der Waals surface area contributed by atoms with Crippen molar-refractivity contribution in [3.8, 4) is 0 Å². The van der Waals surface area contributed by atoms with Gasteiger partial charge in [-0.25, -0.2) is 4.39 Å². The number of non-ortho nitro benzene ring substituents is 1. The van der Waals surface area contributed by atoms with Crippen LogP contribution in [0.1, 0.15) is 15.9 Å². The van der Waals surface area contributed by atoms with Gasteiger partial charge in [-0.3, -0.25) is 19.6 Å². The van der Waals surface area contributed by atoms with Crippen molar-refractivity contribution in [1.82, 2.24) is 9.78 Å². The third kappa shape index (κ3) is 2.63. The van der Waals surface area contributed by atoms with E-state index in [1.165, 1.54) is 17.7 Å². The van der Waals surface area contributed by atoms with Crippen LogP contribution in [-0.4, -0.2) is 20.6 Å². The van der Waals surface area contributed by atoms with E-state index in [1.54, 1.807) is 13.2 Å². The Morgan fingerprint density at radius 3 is 2.75 bits per heavy atom. The molecule has 0 bridgehead atoms. The molecular weight excluding hydrogens is 267 g/mol. The number of hydrogen-bond donors (Lipinski definition) is 1. The number of halogens is 1. The van der Waals surface area contributed by atoms with Crippen LogP contribution in [0.5, 0.6) is 0 Å². The minimum Gasteiger partial charge on any atom is -0.305 e. The lowest BCUT2D eigenvalue weighted by atomic mass is 10.1. The molecule has 0 radical (unpaired) electrons. The lowest BCUT2D eigenvalue weighted by Crippen LogP contribution is -2.15. The van der Waals surface area contributed by atoms with Crippen molar-refractivity contribution in [2.45, 2.75) is 6.92 Å². The van der Waals surface area contributed by atoms with E-state index in [0.29, 0.717) is 0 Å². The maximum absolute atomic E-state index is 13.9. The van der Waals surface area contributed by atoms with Crippen LogP contribution in [0, 0.1) is 22.9 Å². The molecule has 2 aromatic rings. The first-order valence-electron chi connectivity index (χ1n) is 5.64. The summed E-state index contributed by atoms with van der Waals surface area (Å²) in [6.07, 6.45) is 1.60. The van der Waals surface area contributed by atoms with Crippen LogP contribution < -0.4 is 5.32 Å². The highest BCUT2D eigenvalue weighted by Crippen LogP contribution is 2.21. The third-order valence-corrected chi connectivity index (χ3v) is 2.65. The molecule has 1 aromatic heterocycles. The Balaban J connectivity index is 2.36. The predicted octanol–water partition coefficient (Wildman–Crippen LogP) is 2.03. The molecule has 0 spiro atoms. The molecule has 1 N–H and O–H groups in total. The first-order valence-corrected chi connectivity index (χ1v) is 5.64. The number of benzene rings is 1. The fraction of sp³-hybridized carbons (Fsp3) is 0.167. The molecule has 8 heteroatoms. The Hall–Kier alpha value is -2.77. The van der Waals surface area contributed by atoms with Gasteiger partial charge in [0.2, 0.25) is 0 Å². The normalized spacial score (nSPS) is 10.3. The van der Waals surface area contributed by atoms with Gasteiger partial charge < -0.3 is 5.32 Å². The van der Waals surface area contributed by atoms with Gasteiger partial charge in [-0.2, -0.15) is 5.10 Å². The Morgan fingerprint density at radius 1 is 1.50 bits per heavy atom. The topological polar surface area (TPSA) is 90.1 Å². The summed E-state index contributed by atoms with van der Waals surface area (Å²) in [6.45, 7) is 1.36. The number of carbonyl (C=O) groups excluding carboxylic acids is 1. The molecule has 0 saturated heterocycles. The molecular formula is C12H11FN4O3. The largest absolute Gasteiger partial charge is 0.305 e. The van der Waals surface area contributed by atoms with Gasteiger partial charge in [-0.05, 0) is 12.5 Å². The number of nitro benzene ring substituents is 1. The number of nitrogens with zero attached hydrogens (tertiary/aromatic N) is 3. The highest BCUT2D eigenvalue weighted by Gasteiger charge is 2.20. The average Bonchev–Trinajstić information content (AvgIpc) is 2.77. The lowest BCUT2D eigenvalue weighted by molar-refractivity contribution is -0.385. The summed E-state index contributed by atoms with van der Waals surface area (Å²) in [5, 5.41) is 17.0. The molecule has 1 amide bonds. The summed E-state index contributed by atoms with van der Waals surface area (Å²) in [4.78, 5) is 22.0.